The number of fused-ring (bicyclic) bond motifs is 1. The molecule has 3 rings (SSSR count). The van der Waals surface area contributed by atoms with Gasteiger partial charge in [-0.05, 0) is 37.5 Å². The van der Waals surface area contributed by atoms with Gasteiger partial charge in [0.1, 0.15) is 16.5 Å². The highest BCUT2D eigenvalue weighted by Gasteiger charge is 2.13. The lowest BCUT2D eigenvalue weighted by Gasteiger charge is -2.06. The lowest BCUT2D eigenvalue weighted by Crippen LogP contribution is -2.02. The van der Waals surface area contributed by atoms with Gasteiger partial charge in [0, 0.05) is 11.3 Å². The minimum atomic E-state index is 0.598. The van der Waals surface area contributed by atoms with Gasteiger partial charge in [-0.3, -0.25) is 0 Å². The van der Waals surface area contributed by atoms with Gasteiger partial charge in [-0.1, -0.05) is 24.3 Å². The van der Waals surface area contributed by atoms with Gasteiger partial charge in [0.15, 0.2) is 0 Å². The van der Waals surface area contributed by atoms with Crippen molar-refractivity contribution in [2.45, 2.75) is 27.2 Å². The Hall–Kier alpha value is -1.94. The van der Waals surface area contributed by atoms with E-state index in [1.807, 2.05) is 12.1 Å². The molecule has 0 amide bonds. The van der Waals surface area contributed by atoms with E-state index >= 15 is 0 Å². The first-order valence-electron chi connectivity index (χ1n) is 6.63. The van der Waals surface area contributed by atoms with Crippen LogP contribution in [0.3, 0.4) is 0 Å². The van der Waals surface area contributed by atoms with E-state index in [2.05, 4.69) is 42.9 Å². The molecule has 2 heterocycles. The molecule has 0 atom stereocenters. The highest BCUT2D eigenvalue weighted by molar-refractivity contribution is 7.18. The summed E-state index contributed by atoms with van der Waals surface area (Å²) in [4.78, 5) is 11.4. The SMILES string of the molecule is Cc1ccccc1Cc1nc(N)c2c(C)c(C)sc2n1. The van der Waals surface area contributed by atoms with Crippen LogP contribution in [0.25, 0.3) is 10.2 Å². The van der Waals surface area contributed by atoms with Gasteiger partial charge < -0.3 is 5.73 Å². The maximum atomic E-state index is 6.12. The Morgan fingerprint density at radius 1 is 1.10 bits per heavy atom. The third-order valence-electron chi connectivity index (χ3n) is 3.71. The molecule has 0 aliphatic rings. The van der Waals surface area contributed by atoms with E-state index in [9.17, 15) is 0 Å². The summed E-state index contributed by atoms with van der Waals surface area (Å²) in [7, 11) is 0. The van der Waals surface area contributed by atoms with Crippen LogP contribution in [0.5, 0.6) is 0 Å². The summed E-state index contributed by atoms with van der Waals surface area (Å²) < 4.78 is 0. The number of aromatic nitrogens is 2. The minimum Gasteiger partial charge on any atom is -0.383 e. The zero-order chi connectivity index (χ0) is 14.3. The maximum Gasteiger partial charge on any atom is 0.136 e. The molecular weight excluding hydrogens is 266 g/mol. The van der Waals surface area contributed by atoms with Crippen molar-refractivity contribution in [1.82, 2.24) is 9.97 Å². The van der Waals surface area contributed by atoms with Gasteiger partial charge in [0.25, 0.3) is 0 Å². The van der Waals surface area contributed by atoms with Gasteiger partial charge in [0.2, 0.25) is 0 Å². The van der Waals surface area contributed by atoms with Crippen LogP contribution in [-0.2, 0) is 6.42 Å². The molecule has 2 aromatic heterocycles. The lowest BCUT2D eigenvalue weighted by molar-refractivity contribution is 0.992. The van der Waals surface area contributed by atoms with Gasteiger partial charge in [-0.2, -0.15) is 0 Å². The van der Waals surface area contributed by atoms with Crippen LogP contribution in [0.4, 0.5) is 5.82 Å². The Labute approximate surface area is 122 Å². The molecule has 0 saturated carbocycles. The second kappa shape index (κ2) is 4.87. The topological polar surface area (TPSA) is 51.8 Å². The van der Waals surface area contributed by atoms with Gasteiger partial charge in [-0.15, -0.1) is 11.3 Å². The number of nitrogen functional groups attached to an aromatic ring is 1. The molecule has 0 aliphatic carbocycles. The fourth-order valence-electron chi connectivity index (χ4n) is 2.38. The van der Waals surface area contributed by atoms with E-state index in [-0.39, 0.29) is 0 Å². The Balaban J connectivity index is 2.07. The Bertz CT molecular complexity index is 790. The molecule has 4 heteroatoms. The molecule has 20 heavy (non-hydrogen) atoms. The Morgan fingerprint density at radius 3 is 2.60 bits per heavy atom. The van der Waals surface area contributed by atoms with E-state index in [1.165, 1.54) is 21.6 Å². The summed E-state index contributed by atoms with van der Waals surface area (Å²) in [5.74, 6) is 1.39. The normalized spacial score (nSPS) is 11.2. The van der Waals surface area contributed by atoms with Crippen LogP contribution in [0.1, 0.15) is 27.4 Å². The molecular formula is C16H17N3S. The number of rotatable bonds is 2. The van der Waals surface area contributed by atoms with E-state index < -0.39 is 0 Å². The van der Waals surface area contributed by atoms with Crippen molar-refractivity contribution in [2.24, 2.45) is 0 Å². The fraction of sp³-hybridized carbons (Fsp3) is 0.250. The highest BCUT2D eigenvalue weighted by atomic mass is 32.1. The van der Waals surface area contributed by atoms with Crippen molar-refractivity contribution in [3.8, 4) is 0 Å². The molecule has 0 fully saturated rings. The highest BCUT2D eigenvalue weighted by Crippen LogP contribution is 2.32. The number of aryl methyl sites for hydroxylation is 3. The number of nitrogens with two attached hydrogens (primary N) is 1. The Kier molecular flexibility index (Phi) is 3.18. The number of thiophene rings is 1. The smallest absolute Gasteiger partial charge is 0.136 e. The summed E-state index contributed by atoms with van der Waals surface area (Å²) in [5.41, 5.74) is 9.82. The van der Waals surface area contributed by atoms with Gasteiger partial charge >= 0.3 is 0 Å². The number of hydrogen-bond acceptors (Lipinski definition) is 4. The van der Waals surface area contributed by atoms with E-state index in [0.29, 0.717) is 5.82 Å². The van der Waals surface area contributed by atoms with Crippen molar-refractivity contribution >= 4 is 27.4 Å². The standard InChI is InChI=1S/C16H17N3S/c1-9-6-4-5-7-12(9)8-13-18-15(17)14-10(2)11(3)20-16(14)19-13/h4-7H,8H2,1-3H3,(H2,17,18,19). The van der Waals surface area contributed by atoms with E-state index in [4.69, 9.17) is 5.73 Å². The van der Waals surface area contributed by atoms with Crippen molar-refractivity contribution in [3.63, 3.8) is 0 Å². The van der Waals surface area contributed by atoms with E-state index in [0.717, 1.165) is 22.5 Å². The minimum absolute atomic E-state index is 0.598. The third kappa shape index (κ3) is 2.16. The summed E-state index contributed by atoms with van der Waals surface area (Å²) in [6.45, 7) is 6.29. The molecule has 2 N–H and O–H groups in total. The fourth-order valence-corrected chi connectivity index (χ4v) is 3.44. The quantitative estimate of drug-likeness (QED) is 0.778. The van der Waals surface area contributed by atoms with Crippen LogP contribution in [0.2, 0.25) is 0 Å². The molecule has 0 aliphatic heterocycles. The molecule has 0 spiro atoms. The largest absolute Gasteiger partial charge is 0.383 e. The van der Waals surface area contributed by atoms with Crippen molar-refractivity contribution in [2.75, 3.05) is 5.73 Å². The van der Waals surface area contributed by atoms with Crippen molar-refractivity contribution in [3.05, 3.63) is 51.7 Å². The second-order valence-electron chi connectivity index (χ2n) is 5.09. The second-order valence-corrected chi connectivity index (χ2v) is 6.29. The van der Waals surface area contributed by atoms with Crippen LogP contribution in [0.15, 0.2) is 24.3 Å². The molecule has 102 valence electrons. The van der Waals surface area contributed by atoms with Crippen LogP contribution in [0, 0.1) is 20.8 Å². The van der Waals surface area contributed by atoms with Crippen LogP contribution >= 0.6 is 11.3 Å². The van der Waals surface area contributed by atoms with Crippen LogP contribution in [-0.4, -0.2) is 9.97 Å². The van der Waals surface area contributed by atoms with E-state index in [1.54, 1.807) is 11.3 Å². The molecule has 0 bridgehead atoms. The zero-order valence-corrected chi connectivity index (χ0v) is 12.7. The average Bonchev–Trinajstić information content (AvgIpc) is 2.68. The molecule has 3 aromatic rings. The third-order valence-corrected chi connectivity index (χ3v) is 4.81. The number of nitrogens with zero attached hydrogens (tertiary/aromatic N) is 2. The summed E-state index contributed by atoms with van der Waals surface area (Å²) in [6, 6.07) is 8.31. The molecule has 3 nitrogen and oxygen atoms in total. The number of benzene rings is 1. The first kappa shape index (κ1) is 13.1. The van der Waals surface area contributed by atoms with Gasteiger partial charge in [-0.25, -0.2) is 9.97 Å². The van der Waals surface area contributed by atoms with Crippen molar-refractivity contribution in [1.29, 1.82) is 0 Å². The predicted octanol–water partition coefficient (Wildman–Crippen LogP) is 3.79. The molecule has 1 aromatic carbocycles. The first-order chi connectivity index (χ1) is 9.56. The summed E-state index contributed by atoms with van der Waals surface area (Å²) >= 11 is 1.69. The molecule has 0 unspecified atom stereocenters. The summed E-state index contributed by atoms with van der Waals surface area (Å²) in [6.07, 6.45) is 0.725. The van der Waals surface area contributed by atoms with Gasteiger partial charge in [0.05, 0.1) is 5.39 Å². The van der Waals surface area contributed by atoms with Crippen molar-refractivity contribution < 1.29 is 0 Å². The number of hydrogen-bond donors (Lipinski definition) is 1. The summed E-state index contributed by atoms with van der Waals surface area (Å²) in [5, 5.41) is 1.01. The average molecular weight is 283 g/mol. The maximum absolute atomic E-state index is 6.12. The molecule has 0 saturated heterocycles. The monoisotopic (exact) mass is 283 g/mol. The predicted molar refractivity (Wildman–Crippen MR) is 85.3 cm³/mol. The lowest BCUT2D eigenvalue weighted by atomic mass is 10.1. The zero-order valence-electron chi connectivity index (χ0n) is 11.9. The number of anilines is 1. The first-order valence-corrected chi connectivity index (χ1v) is 7.44. The Morgan fingerprint density at radius 2 is 1.85 bits per heavy atom. The molecule has 0 radical (unpaired) electrons. The van der Waals surface area contributed by atoms with Crippen LogP contribution < -0.4 is 5.73 Å².